The van der Waals surface area contributed by atoms with Gasteiger partial charge >= 0.3 is 0 Å². The van der Waals surface area contributed by atoms with Crippen LogP contribution in [0.4, 0.5) is 5.69 Å². The smallest absolute Gasteiger partial charge is 0.295 e. The SMILES string of the molecule is Cc1cc2c3ccc[c-]c3c3ncc(-c4c(C)cc(-c5ccccc5)cc4C)n3c2cc1C.Cc1cc2c3cccc4c3c3n(c(-c5c(C(C)C)cc(-c6ccccc6)cc5C(C)C)c[n+]3C4)c2cc1C.Cc1ccc2c(c1)c1ccc[c-]c1c1ncc(-c3c(C(C)C)cc(C(C)C)cc3C(C)C)n21.Cc1cccc(C)c1-c1cnc2c3[c-]cccc3c3cc(N4CCCCC4)ccc3n12.[Ir].[Ir].[Ir]. The number of anilines is 1. The van der Waals surface area contributed by atoms with Crippen LogP contribution in [0.3, 0.4) is 0 Å². The van der Waals surface area contributed by atoms with E-state index in [1.807, 2.05) is 30.6 Å². The Hall–Kier alpha value is -12.3. The maximum Gasteiger partial charge on any atom is 0.295 e. The maximum atomic E-state index is 4.99. The Labute approximate surface area is 852 Å². The third kappa shape index (κ3) is 16.7. The molecule has 24 rings (SSSR count). The van der Waals surface area contributed by atoms with Crippen LogP contribution < -0.4 is 9.47 Å². The first-order valence-electron chi connectivity index (χ1n) is 48.8. The Morgan fingerprint density at radius 3 is 1.20 bits per heavy atom. The number of hydrogen-bond acceptors (Lipinski definition) is 4. The van der Waals surface area contributed by atoms with Gasteiger partial charge in [0.1, 0.15) is 18.3 Å². The standard InChI is InChI=1S/C36H35N2.C31H25N2.C31H33N2.C28H26N3.3Ir/c1-21(2)29-17-27(25-11-8-7-9-12-25)18-30(22(3)4)35(29)33-20-37-19-26-13-10-14-28-31-15-23(5)24(6)16-32(31)38(33)36(37)34(26)28;1-19-16-27-25-12-8-9-13-26(25)31-32-18-29(33(31)28(27)17-20(19)2)30-21(3)14-24(15-22(30)4)23-10-6-5-7-11-23;1-18(2)22-15-25(19(3)4)30(26(16-22)20(5)6)29-17-32-31-24-11-9-8-10-23(24)27-14-21(7)12-13-28(27)33(29)31;1-19-9-8-10-20(2)27(19)26-18-29-28-23-12-5-4-11-22(23)24-17-21(13-14-25(24)31(26)28)30-15-6-3-7-16-30;;;/h7-18,20-22H,19H2,1-6H3;5-12,14-18H,1-4H3;8-10,12-20H,1-7H3;4-5,8-11,13-14,17-18H,3,6-7,15-16H2,1-2H3;;;/q+1;3*-1;;;. The summed E-state index contributed by atoms with van der Waals surface area (Å²) in [6, 6.07) is 101. The van der Waals surface area contributed by atoms with Crippen molar-refractivity contribution in [2.24, 2.45) is 0 Å². The molecule has 12 heteroatoms. The number of pyridine rings is 4. The van der Waals surface area contributed by atoms with Crippen LogP contribution in [0.15, 0.2) is 274 Å². The van der Waals surface area contributed by atoms with Gasteiger partial charge < -0.3 is 18.1 Å². The number of aromatic nitrogens is 8. The number of benzene rings is 14. The molecule has 138 heavy (non-hydrogen) atoms. The van der Waals surface area contributed by atoms with E-state index in [2.05, 4.69) is 420 Å². The topological polar surface area (TPSA) is 63.4 Å². The average molecular weight is 2340 g/mol. The Balaban J connectivity index is 0.000000122. The number of hydrogen-bond donors (Lipinski definition) is 0. The molecule has 10 heterocycles. The van der Waals surface area contributed by atoms with Gasteiger partial charge in [0.05, 0.1) is 39.4 Å². The molecule has 22 aromatic rings. The Morgan fingerprint density at radius 2 is 0.710 bits per heavy atom. The molecule has 0 saturated carbocycles. The summed E-state index contributed by atoms with van der Waals surface area (Å²) < 4.78 is 12.1. The molecule has 1 saturated heterocycles. The molecule has 9 nitrogen and oxygen atoms in total. The summed E-state index contributed by atoms with van der Waals surface area (Å²) in [6.45, 7) is 46.2. The Bertz CT molecular complexity index is 8430. The zero-order chi connectivity index (χ0) is 93.4. The van der Waals surface area contributed by atoms with Crippen molar-refractivity contribution in [3.8, 4) is 67.3 Å². The normalized spacial score (nSPS) is 12.6. The minimum atomic E-state index is 0. The van der Waals surface area contributed by atoms with Gasteiger partial charge in [-0.05, 0) is 264 Å². The van der Waals surface area contributed by atoms with Crippen LogP contribution in [-0.4, -0.2) is 45.6 Å². The molecule has 0 aliphatic carbocycles. The average Bonchev–Trinajstić information content (AvgIpc) is 1.52. The number of piperidine rings is 1. The van der Waals surface area contributed by atoms with Crippen LogP contribution in [0.1, 0.15) is 202 Å². The van der Waals surface area contributed by atoms with E-state index < -0.39 is 0 Å². The van der Waals surface area contributed by atoms with Gasteiger partial charge in [-0.25, -0.2) is 4.57 Å². The minimum Gasteiger partial charge on any atom is -0.372 e. The molecule has 2 aliphatic heterocycles. The predicted molar refractivity (Wildman–Crippen MR) is 571 cm³/mol. The van der Waals surface area contributed by atoms with E-state index in [-0.39, 0.29) is 60.3 Å². The zero-order valence-corrected chi connectivity index (χ0v) is 89.8. The van der Waals surface area contributed by atoms with Crippen molar-refractivity contribution in [1.29, 1.82) is 0 Å². The number of imidazole rings is 4. The molecule has 0 bridgehead atoms. The summed E-state index contributed by atoms with van der Waals surface area (Å²) in [5, 5.41) is 14.8. The predicted octanol–water partition coefficient (Wildman–Crippen LogP) is 32.6. The number of aryl methyl sites for hydroxylation is 9. The fourth-order valence-corrected chi connectivity index (χ4v) is 22.2. The second-order valence-electron chi connectivity index (χ2n) is 40.0. The molecule has 0 N–H and O–H groups in total. The largest absolute Gasteiger partial charge is 0.372 e. The fourth-order valence-electron chi connectivity index (χ4n) is 22.2. The summed E-state index contributed by atoms with van der Waals surface area (Å²) in [5.41, 5.74) is 45.7. The zero-order valence-electron chi connectivity index (χ0n) is 82.6. The molecular weight excluding hydrogens is 2220 g/mol. The van der Waals surface area contributed by atoms with Crippen molar-refractivity contribution in [3.63, 3.8) is 0 Å². The molecule has 0 atom stereocenters. The minimum absolute atomic E-state index is 0. The van der Waals surface area contributed by atoms with Crippen LogP contribution in [0.5, 0.6) is 0 Å². The van der Waals surface area contributed by atoms with Gasteiger partial charge in [-0.2, -0.15) is 4.40 Å². The summed E-state index contributed by atoms with van der Waals surface area (Å²) in [6.07, 6.45) is 12.5. The molecular formula is C126H119Ir3N9-2. The van der Waals surface area contributed by atoms with Gasteiger partial charge in [-0.3, -0.25) is 15.0 Å². The molecule has 2 aliphatic rings. The summed E-state index contributed by atoms with van der Waals surface area (Å²) in [4.78, 5) is 17.3. The van der Waals surface area contributed by atoms with Crippen LogP contribution in [0.2, 0.25) is 0 Å². The Kier molecular flexibility index (Phi) is 27.0. The number of rotatable bonds is 12. The molecule has 0 amide bonds. The fraction of sp³-hybridized carbons (Fsp3) is 0.238. The third-order valence-electron chi connectivity index (χ3n) is 29.3. The number of fused-ring (bicyclic) bond motifs is 21. The van der Waals surface area contributed by atoms with E-state index >= 15 is 0 Å². The second-order valence-corrected chi connectivity index (χ2v) is 40.0. The van der Waals surface area contributed by atoms with Gasteiger partial charge in [0, 0.05) is 153 Å². The van der Waals surface area contributed by atoms with Crippen molar-refractivity contribution in [2.75, 3.05) is 18.0 Å². The molecule has 0 spiro atoms. The molecule has 14 aromatic carbocycles. The third-order valence-corrected chi connectivity index (χ3v) is 29.3. The van der Waals surface area contributed by atoms with Crippen molar-refractivity contribution < 1.29 is 64.9 Å². The van der Waals surface area contributed by atoms with E-state index in [0.29, 0.717) is 29.6 Å². The first-order valence-corrected chi connectivity index (χ1v) is 48.8. The first kappa shape index (κ1) is 96.0. The van der Waals surface area contributed by atoms with Crippen molar-refractivity contribution >= 4 is 115 Å². The van der Waals surface area contributed by atoms with E-state index in [1.165, 1.54) is 240 Å². The van der Waals surface area contributed by atoms with Crippen LogP contribution in [0, 0.1) is 80.5 Å². The monoisotopic (exact) mass is 2340 g/mol. The van der Waals surface area contributed by atoms with E-state index in [0.717, 1.165) is 64.1 Å². The summed E-state index contributed by atoms with van der Waals surface area (Å²) in [7, 11) is 0. The van der Waals surface area contributed by atoms with Gasteiger partial charge in [-0.15, -0.1) is 89.0 Å². The Morgan fingerprint density at radius 1 is 0.304 bits per heavy atom. The summed E-state index contributed by atoms with van der Waals surface area (Å²) >= 11 is 0. The van der Waals surface area contributed by atoms with Gasteiger partial charge in [0.15, 0.2) is 5.69 Å². The maximum absolute atomic E-state index is 4.99. The van der Waals surface area contributed by atoms with Crippen molar-refractivity contribution in [1.82, 2.24) is 32.6 Å². The van der Waals surface area contributed by atoms with Gasteiger partial charge in [0.2, 0.25) is 0 Å². The molecule has 1 fully saturated rings. The molecule has 3 radical (unpaired) electrons. The van der Waals surface area contributed by atoms with Gasteiger partial charge in [0.25, 0.3) is 5.65 Å². The van der Waals surface area contributed by atoms with Crippen LogP contribution in [0.25, 0.3) is 177 Å². The van der Waals surface area contributed by atoms with Crippen molar-refractivity contribution in [2.45, 2.75) is 187 Å². The van der Waals surface area contributed by atoms with E-state index in [1.54, 1.807) is 0 Å². The molecule has 8 aromatic heterocycles. The first-order chi connectivity index (χ1) is 65.3. The van der Waals surface area contributed by atoms with E-state index in [9.17, 15) is 0 Å². The second kappa shape index (κ2) is 38.8. The number of nitrogens with zero attached hydrogens (tertiary/aromatic N) is 9. The molecule has 697 valence electrons. The molecule has 0 unspecified atom stereocenters. The van der Waals surface area contributed by atoms with Crippen LogP contribution >= 0.6 is 0 Å². The van der Waals surface area contributed by atoms with E-state index in [4.69, 9.17) is 15.0 Å². The quantitative estimate of drug-likeness (QED) is 0.0695. The van der Waals surface area contributed by atoms with Gasteiger partial charge in [-0.1, -0.05) is 243 Å². The van der Waals surface area contributed by atoms with Crippen LogP contribution in [-0.2, 0) is 66.9 Å². The summed E-state index contributed by atoms with van der Waals surface area (Å²) in [5.74, 6) is 2.14. The van der Waals surface area contributed by atoms with Crippen molar-refractivity contribution in [3.05, 3.63) is 375 Å².